The number of fused-ring (bicyclic) bond motifs is 3. The van der Waals surface area contributed by atoms with Gasteiger partial charge < -0.3 is 36.2 Å². The zero-order chi connectivity index (χ0) is 33.8. The Hall–Kier alpha value is -4.97. The second-order valence-corrected chi connectivity index (χ2v) is 12.6. The molecule has 244 valence electrons. The molecule has 1 amide bonds. The van der Waals surface area contributed by atoms with Gasteiger partial charge in [-0.05, 0) is 78.9 Å². The van der Waals surface area contributed by atoms with Gasteiger partial charge in [-0.15, -0.1) is 0 Å². The van der Waals surface area contributed by atoms with Crippen LogP contribution in [0.25, 0.3) is 16.9 Å². The number of carbonyl (C=O) groups excluding carboxylic acids is 3. The number of nitrogens with zero attached hydrogens (tertiary/aromatic N) is 1. The summed E-state index contributed by atoms with van der Waals surface area (Å²) in [5, 5.41) is 48.7. The van der Waals surface area contributed by atoms with Crippen LogP contribution < -0.4 is 15.8 Å². The summed E-state index contributed by atoms with van der Waals surface area (Å²) in [6, 6.07) is 17.8. The first-order valence-electron chi connectivity index (χ1n) is 15.3. The lowest BCUT2D eigenvalue weighted by atomic mass is 9.57. The number of hydrogen-bond acceptors (Lipinski definition) is 10. The Morgan fingerprint density at radius 1 is 0.979 bits per heavy atom. The fourth-order valence-corrected chi connectivity index (χ4v) is 7.41. The molecule has 3 aromatic carbocycles. The highest BCUT2D eigenvalue weighted by atomic mass is 16.5. The van der Waals surface area contributed by atoms with Crippen molar-refractivity contribution in [3.05, 3.63) is 99.8 Å². The average molecular weight is 640 g/mol. The van der Waals surface area contributed by atoms with E-state index < -0.39 is 58.0 Å². The van der Waals surface area contributed by atoms with Gasteiger partial charge in [0.1, 0.15) is 28.6 Å². The summed E-state index contributed by atoms with van der Waals surface area (Å²) >= 11 is 0. The van der Waals surface area contributed by atoms with Gasteiger partial charge in [-0.1, -0.05) is 42.5 Å². The monoisotopic (exact) mass is 639 g/mol. The Balaban J connectivity index is 1.32. The number of Topliss-reactive ketones (excluding diaryl/α,β-unsaturated/α-hetero) is 2. The van der Waals surface area contributed by atoms with E-state index >= 15 is 0 Å². The number of likely N-dealkylation sites (N-methyl/N-ethyl adjacent to an activating group) is 1. The first-order chi connectivity index (χ1) is 22.4. The molecule has 47 heavy (non-hydrogen) atoms. The Labute approximate surface area is 271 Å². The van der Waals surface area contributed by atoms with E-state index in [2.05, 4.69) is 5.32 Å². The number of nitrogens with two attached hydrogens (primary N) is 1. The van der Waals surface area contributed by atoms with Crippen molar-refractivity contribution in [2.45, 2.75) is 37.6 Å². The number of aliphatic hydroxyl groups is 3. The van der Waals surface area contributed by atoms with Crippen molar-refractivity contribution >= 4 is 23.2 Å². The number of amides is 1. The molecule has 0 aliphatic heterocycles. The number of ketones is 2. The largest absolute Gasteiger partial charge is 0.508 e. The van der Waals surface area contributed by atoms with Crippen molar-refractivity contribution in [2.75, 3.05) is 21.2 Å². The van der Waals surface area contributed by atoms with Crippen molar-refractivity contribution in [1.29, 1.82) is 0 Å². The fraction of sp³-hybridized carbons (Fsp3) is 0.306. The highest BCUT2D eigenvalue weighted by Gasteiger charge is 2.64. The number of hydrogen-bond donors (Lipinski definition) is 6. The van der Waals surface area contributed by atoms with E-state index in [0.717, 1.165) is 28.0 Å². The summed E-state index contributed by atoms with van der Waals surface area (Å²) in [6.45, 7) is 1.31. The highest BCUT2D eigenvalue weighted by Crippen LogP contribution is 2.53. The molecule has 0 radical (unpaired) electrons. The maximum absolute atomic E-state index is 14.1. The highest BCUT2D eigenvalue weighted by molar-refractivity contribution is 6.24. The maximum Gasteiger partial charge on any atom is 0.255 e. The van der Waals surface area contributed by atoms with Crippen molar-refractivity contribution in [2.24, 2.45) is 17.6 Å². The zero-order valence-electron chi connectivity index (χ0n) is 26.3. The number of phenols is 1. The predicted molar refractivity (Wildman–Crippen MR) is 173 cm³/mol. The summed E-state index contributed by atoms with van der Waals surface area (Å²) in [7, 11) is 4.77. The van der Waals surface area contributed by atoms with Gasteiger partial charge in [0.25, 0.3) is 5.91 Å². The van der Waals surface area contributed by atoms with Gasteiger partial charge in [-0.2, -0.15) is 0 Å². The van der Waals surface area contributed by atoms with Crippen LogP contribution in [0.3, 0.4) is 0 Å². The third kappa shape index (κ3) is 5.16. The number of rotatable bonds is 8. The summed E-state index contributed by atoms with van der Waals surface area (Å²) in [6.07, 6.45) is 0.239. The van der Waals surface area contributed by atoms with Crippen molar-refractivity contribution in [3.63, 3.8) is 0 Å². The van der Waals surface area contributed by atoms with E-state index in [9.17, 15) is 34.8 Å². The number of primary amides is 1. The number of benzene rings is 3. The third-order valence-electron chi connectivity index (χ3n) is 9.69. The van der Waals surface area contributed by atoms with Crippen molar-refractivity contribution in [3.8, 4) is 22.6 Å². The lowest BCUT2D eigenvalue weighted by Gasteiger charge is -2.50. The molecule has 11 heteroatoms. The normalized spacial score (nSPS) is 23.8. The van der Waals surface area contributed by atoms with Crippen LogP contribution in [0.2, 0.25) is 0 Å². The van der Waals surface area contributed by atoms with Gasteiger partial charge in [-0.25, -0.2) is 0 Å². The molecule has 0 bridgehead atoms. The topological polar surface area (TPSA) is 183 Å². The molecule has 0 heterocycles. The number of aromatic hydroxyl groups is 1. The van der Waals surface area contributed by atoms with Crippen molar-refractivity contribution in [1.82, 2.24) is 10.2 Å². The summed E-state index contributed by atoms with van der Waals surface area (Å²) in [5.74, 6) is -5.95. The molecule has 11 nitrogen and oxygen atoms in total. The third-order valence-corrected chi connectivity index (χ3v) is 9.69. The van der Waals surface area contributed by atoms with Gasteiger partial charge in [-0.3, -0.25) is 19.3 Å². The van der Waals surface area contributed by atoms with Crippen LogP contribution in [0.5, 0.6) is 11.5 Å². The van der Waals surface area contributed by atoms with Crippen LogP contribution in [0.1, 0.15) is 28.7 Å². The fourth-order valence-electron chi connectivity index (χ4n) is 7.41. The first kappa shape index (κ1) is 32.0. The summed E-state index contributed by atoms with van der Waals surface area (Å²) < 4.78 is 5.21. The van der Waals surface area contributed by atoms with Crippen LogP contribution in [0.15, 0.2) is 77.6 Å². The molecule has 3 aliphatic rings. The number of nitrogens with one attached hydrogen (secondary N) is 1. The molecule has 6 rings (SSSR count). The molecule has 0 spiro atoms. The van der Waals surface area contributed by atoms with Crippen LogP contribution in [-0.2, 0) is 33.9 Å². The van der Waals surface area contributed by atoms with E-state index in [1.807, 2.05) is 48.5 Å². The molecule has 1 unspecified atom stereocenters. The molecule has 3 aliphatic carbocycles. The minimum absolute atomic E-state index is 0.0274. The molecular formula is C36H37N3O8. The molecular weight excluding hydrogens is 602 g/mol. The lowest BCUT2D eigenvalue weighted by Crippen LogP contribution is -2.65. The minimum Gasteiger partial charge on any atom is -0.508 e. The van der Waals surface area contributed by atoms with Crippen LogP contribution in [0.4, 0.5) is 0 Å². The Bertz CT molecular complexity index is 1840. The Kier molecular flexibility index (Phi) is 8.17. The molecule has 0 aromatic heterocycles. The number of ether oxygens (including phenoxy) is 1. The van der Waals surface area contributed by atoms with Crippen molar-refractivity contribution < 1.29 is 39.5 Å². The predicted octanol–water partition coefficient (Wildman–Crippen LogP) is 2.93. The summed E-state index contributed by atoms with van der Waals surface area (Å²) in [5.41, 5.74) is 6.14. The van der Waals surface area contributed by atoms with E-state index in [4.69, 9.17) is 10.5 Å². The lowest BCUT2D eigenvalue weighted by molar-refractivity contribution is -0.153. The van der Waals surface area contributed by atoms with E-state index in [-0.39, 0.29) is 29.7 Å². The number of phenolic OH excluding ortho intramolecular Hbond substituents is 1. The quantitative estimate of drug-likeness (QED) is 0.201. The standard InChI is InChI=1S/C36H37N3O8/c1-39(2)30-25-15-21-14-24-23(20-8-4-18(5-9-20)16-38-17-19-6-10-22(47-3)11-7-19)12-13-26(40)28(24)31(41)27(21)33(43)36(25,46)34(44)29(32(30)42)35(37)45/h4-13,21,25,30,38,40-41,44,46H,14-17H2,1-3H3,(H2,37,45)/t21-,25-,30?,36+/m0/s1. The van der Waals surface area contributed by atoms with Gasteiger partial charge in [0, 0.05) is 24.6 Å². The first-order valence-corrected chi connectivity index (χ1v) is 15.3. The van der Waals surface area contributed by atoms with E-state index in [0.29, 0.717) is 18.7 Å². The maximum atomic E-state index is 14.1. The molecule has 4 atom stereocenters. The van der Waals surface area contributed by atoms with Crippen LogP contribution in [0, 0.1) is 11.8 Å². The number of methoxy groups -OCH3 is 1. The van der Waals surface area contributed by atoms with E-state index in [1.165, 1.54) is 11.0 Å². The zero-order valence-corrected chi connectivity index (χ0v) is 26.3. The van der Waals surface area contributed by atoms with Gasteiger partial charge in [0.15, 0.2) is 11.4 Å². The number of carbonyl (C=O) groups is 3. The van der Waals surface area contributed by atoms with Gasteiger partial charge in [0.05, 0.1) is 18.7 Å². The smallest absolute Gasteiger partial charge is 0.255 e. The van der Waals surface area contributed by atoms with Crippen LogP contribution in [-0.4, -0.2) is 75.6 Å². The minimum atomic E-state index is -2.67. The Morgan fingerprint density at radius 3 is 2.17 bits per heavy atom. The van der Waals surface area contributed by atoms with Gasteiger partial charge in [0.2, 0.25) is 5.78 Å². The molecule has 3 aromatic rings. The molecule has 1 fully saturated rings. The second-order valence-electron chi connectivity index (χ2n) is 12.6. The SMILES string of the molecule is COc1ccc(CNCc2ccc(-c3ccc(O)c4c3C[C@H]3C[C@H]5C(N(C)C)C(=O)C(C(N)=O)=C(O)[C@]5(O)C(=O)C3=C4O)cc2)cc1. The molecule has 7 N–H and O–H groups in total. The van der Waals surface area contributed by atoms with Gasteiger partial charge >= 0.3 is 0 Å². The van der Waals surface area contributed by atoms with Crippen LogP contribution >= 0.6 is 0 Å². The average Bonchev–Trinajstić information content (AvgIpc) is 3.03. The number of aliphatic hydroxyl groups excluding tert-OH is 2. The Morgan fingerprint density at radius 2 is 1.60 bits per heavy atom. The molecule has 0 saturated heterocycles. The summed E-state index contributed by atoms with van der Waals surface area (Å²) in [4.78, 5) is 41.1. The second kappa shape index (κ2) is 12.0. The molecule has 1 saturated carbocycles. The van der Waals surface area contributed by atoms with E-state index in [1.54, 1.807) is 27.3 Å².